The molecular formula is C15H24N4OS. The normalized spacial score (nSPS) is 28.6. The predicted molar refractivity (Wildman–Crippen MR) is 84.4 cm³/mol. The lowest BCUT2D eigenvalue weighted by Crippen LogP contribution is -2.39. The molecule has 0 bridgehead atoms. The van der Waals surface area contributed by atoms with Crippen LogP contribution in [0.15, 0.2) is 0 Å². The molecule has 1 saturated heterocycles. The van der Waals surface area contributed by atoms with Gasteiger partial charge in [-0.3, -0.25) is 10.1 Å². The van der Waals surface area contributed by atoms with Gasteiger partial charge in [0.15, 0.2) is 0 Å². The Morgan fingerprint density at radius 1 is 1.38 bits per heavy atom. The minimum atomic E-state index is -0.0597. The summed E-state index contributed by atoms with van der Waals surface area (Å²) in [5.74, 6) is 1.29. The van der Waals surface area contributed by atoms with Crippen molar-refractivity contribution in [3.63, 3.8) is 0 Å². The topological polar surface area (TPSA) is 66.9 Å². The third-order valence-corrected chi connectivity index (χ3v) is 5.32. The molecule has 3 unspecified atom stereocenters. The van der Waals surface area contributed by atoms with E-state index in [-0.39, 0.29) is 11.9 Å². The van der Waals surface area contributed by atoms with Crippen LogP contribution in [0.4, 0.5) is 5.13 Å². The maximum Gasteiger partial charge on any atom is 0.243 e. The number of carbonyl (C=O) groups excluding carboxylic acids is 1. The fraction of sp³-hybridized carbons (Fsp3) is 0.800. The highest BCUT2D eigenvalue weighted by Gasteiger charge is 2.38. The second-order valence-electron chi connectivity index (χ2n) is 6.69. The molecule has 0 aromatic carbocycles. The van der Waals surface area contributed by atoms with Gasteiger partial charge < -0.3 is 5.32 Å². The van der Waals surface area contributed by atoms with Crippen LogP contribution in [0.2, 0.25) is 0 Å². The minimum Gasteiger partial charge on any atom is -0.303 e. The van der Waals surface area contributed by atoms with Crippen molar-refractivity contribution < 1.29 is 4.79 Å². The van der Waals surface area contributed by atoms with Crippen LogP contribution in [0.1, 0.15) is 51.0 Å². The number of nitrogens with one attached hydrogen (secondary N) is 2. The molecule has 2 fully saturated rings. The molecule has 2 aliphatic rings. The van der Waals surface area contributed by atoms with Gasteiger partial charge in [0, 0.05) is 12.5 Å². The number of nitrogens with zero attached hydrogens (tertiary/aromatic N) is 2. The molecule has 1 saturated carbocycles. The highest BCUT2D eigenvalue weighted by molar-refractivity contribution is 7.15. The van der Waals surface area contributed by atoms with Gasteiger partial charge in [-0.2, -0.15) is 0 Å². The summed E-state index contributed by atoms with van der Waals surface area (Å²) in [4.78, 5) is 12.4. The second-order valence-corrected chi connectivity index (χ2v) is 7.76. The van der Waals surface area contributed by atoms with Crippen molar-refractivity contribution >= 4 is 22.4 Å². The van der Waals surface area contributed by atoms with E-state index in [4.69, 9.17) is 0 Å². The van der Waals surface area contributed by atoms with E-state index in [1.807, 2.05) is 0 Å². The summed E-state index contributed by atoms with van der Waals surface area (Å²) >= 11 is 1.49. The minimum absolute atomic E-state index is 0.0525. The van der Waals surface area contributed by atoms with Crippen molar-refractivity contribution in [1.82, 2.24) is 15.5 Å². The van der Waals surface area contributed by atoms with E-state index in [1.54, 1.807) is 0 Å². The van der Waals surface area contributed by atoms with Crippen LogP contribution in [-0.4, -0.2) is 28.2 Å². The number of anilines is 1. The summed E-state index contributed by atoms with van der Waals surface area (Å²) in [6.45, 7) is 4.31. The maximum absolute atomic E-state index is 12.4. The summed E-state index contributed by atoms with van der Waals surface area (Å²) in [5.41, 5.74) is 0. The molecule has 1 amide bonds. The summed E-state index contributed by atoms with van der Waals surface area (Å²) in [5, 5.41) is 16.3. The molecule has 0 radical (unpaired) electrons. The van der Waals surface area contributed by atoms with Crippen molar-refractivity contribution in [2.24, 2.45) is 11.8 Å². The first-order valence-electron chi connectivity index (χ1n) is 8.01. The first kappa shape index (κ1) is 14.9. The fourth-order valence-corrected chi connectivity index (χ4v) is 4.40. The molecule has 1 aromatic heterocycles. The van der Waals surface area contributed by atoms with Gasteiger partial charge in [-0.25, -0.2) is 0 Å². The third-order valence-electron chi connectivity index (χ3n) is 4.46. The lowest BCUT2D eigenvalue weighted by atomic mass is 9.85. The molecule has 21 heavy (non-hydrogen) atoms. The Kier molecular flexibility index (Phi) is 4.54. The van der Waals surface area contributed by atoms with E-state index in [9.17, 15) is 4.79 Å². The van der Waals surface area contributed by atoms with Gasteiger partial charge in [0.25, 0.3) is 0 Å². The van der Waals surface area contributed by atoms with E-state index < -0.39 is 0 Å². The molecule has 5 nitrogen and oxygen atoms in total. The standard InChI is InChI=1S/C15H24N4OS/c1-9(2)7-13-18-19-15(21-13)17-14(20)12-8-10-5-3-4-6-11(10)16-12/h9-12,16H,3-8H2,1-2H3,(H,17,19,20). The van der Waals surface area contributed by atoms with Crippen molar-refractivity contribution in [2.75, 3.05) is 5.32 Å². The highest BCUT2D eigenvalue weighted by atomic mass is 32.1. The zero-order chi connectivity index (χ0) is 14.8. The number of fused-ring (bicyclic) bond motifs is 1. The Bertz CT molecular complexity index is 488. The van der Waals surface area contributed by atoms with E-state index in [2.05, 4.69) is 34.7 Å². The monoisotopic (exact) mass is 308 g/mol. The maximum atomic E-state index is 12.4. The number of rotatable bonds is 4. The number of hydrogen-bond donors (Lipinski definition) is 2. The zero-order valence-electron chi connectivity index (χ0n) is 12.8. The van der Waals surface area contributed by atoms with Crippen LogP contribution in [0.25, 0.3) is 0 Å². The molecule has 1 aromatic rings. The molecule has 0 spiro atoms. The van der Waals surface area contributed by atoms with Crippen molar-refractivity contribution in [1.29, 1.82) is 0 Å². The molecule has 116 valence electrons. The first-order valence-corrected chi connectivity index (χ1v) is 8.82. The van der Waals surface area contributed by atoms with Gasteiger partial charge in [-0.05, 0) is 31.1 Å². The number of hydrogen-bond acceptors (Lipinski definition) is 5. The number of aromatic nitrogens is 2. The molecule has 3 rings (SSSR count). The first-order chi connectivity index (χ1) is 10.1. The average molecular weight is 308 g/mol. The quantitative estimate of drug-likeness (QED) is 0.897. The van der Waals surface area contributed by atoms with Crippen molar-refractivity contribution in [3.05, 3.63) is 5.01 Å². The smallest absolute Gasteiger partial charge is 0.243 e. The molecule has 6 heteroatoms. The Hall–Kier alpha value is -1.01. The van der Waals surface area contributed by atoms with Gasteiger partial charge in [0.1, 0.15) is 5.01 Å². The Morgan fingerprint density at radius 2 is 2.19 bits per heavy atom. The molecule has 2 heterocycles. The Labute approximate surface area is 129 Å². The van der Waals surface area contributed by atoms with Crippen LogP contribution in [-0.2, 0) is 11.2 Å². The van der Waals surface area contributed by atoms with E-state index in [0.29, 0.717) is 23.0 Å². The highest BCUT2D eigenvalue weighted by Crippen LogP contribution is 2.33. The lowest BCUT2D eigenvalue weighted by Gasteiger charge is -2.24. The van der Waals surface area contributed by atoms with Gasteiger partial charge in [-0.15, -0.1) is 10.2 Å². The van der Waals surface area contributed by atoms with Crippen LogP contribution in [0, 0.1) is 11.8 Å². The third kappa shape index (κ3) is 3.61. The Morgan fingerprint density at radius 3 is 2.95 bits per heavy atom. The SMILES string of the molecule is CC(C)Cc1nnc(NC(=O)C2CC3CCCCC3N2)s1. The van der Waals surface area contributed by atoms with Gasteiger partial charge >= 0.3 is 0 Å². The van der Waals surface area contributed by atoms with Crippen LogP contribution in [0.3, 0.4) is 0 Å². The molecule has 1 aliphatic carbocycles. The zero-order valence-corrected chi connectivity index (χ0v) is 13.6. The van der Waals surface area contributed by atoms with E-state index in [0.717, 1.165) is 17.8 Å². The Balaban J connectivity index is 1.55. The molecule has 3 atom stereocenters. The predicted octanol–water partition coefficient (Wildman–Crippen LogP) is 2.60. The number of amides is 1. The molecular weight excluding hydrogens is 284 g/mol. The van der Waals surface area contributed by atoms with Crippen molar-refractivity contribution in [2.45, 2.75) is 64.5 Å². The molecule has 2 N–H and O–H groups in total. The van der Waals surface area contributed by atoms with Crippen LogP contribution in [0.5, 0.6) is 0 Å². The second kappa shape index (κ2) is 6.40. The average Bonchev–Trinajstić information content (AvgIpc) is 3.04. The lowest BCUT2D eigenvalue weighted by molar-refractivity contribution is -0.117. The summed E-state index contributed by atoms with van der Waals surface area (Å²) < 4.78 is 0. The number of carbonyl (C=O) groups is 1. The van der Waals surface area contributed by atoms with Crippen LogP contribution >= 0.6 is 11.3 Å². The van der Waals surface area contributed by atoms with Crippen molar-refractivity contribution in [3.8, 4) is 0 Å². The summed E-state index contributed by atoms with van der Waals surface area (Å²) in [7, 11) is 0. The fourth-order valence-electron chi connectivity index (χ4n) is 3.45. The largest absolute Gasteiger partial charge is 0.303 e. The van der Waals surface area contributed by atoms with E-state index >= 15 is 0 Å². The summed E-state index contributed by atoms with van der Waals surface area (Å²) in [6, 6.07) is 0.482. The van der Waals surface area contributed by atoms with Gasteiger partial charge in [-0.1, -0.05) is 38.0 Å². The molecule has 1 aliphatic heterocycles. The van der Waals surface area contributed by atoms with Gasteiger partial charge in [0.05, 0.1) is 6.04 Å². The van der Waals surface area contributed by atoms with Crippen LogP contribution < -0.4 is 10.6 Å². The van der Waals surface area contributed by atoms with E-state index in [1.165, 1.54) is 37.0 Å². The summed E-state index contributed by atoms with van der Waals surface area (Å²) in [6.07, 6.45) is 6.96. The van der Waals surface area contributed by atoms with Gasteiger partial charge in [0.2, 0.25) is 11.0 Å².